The zero-order chi connectivity index (χ0) is 31.0. The Morgan fingerprint density at radius 3 is 1.40 bits per heavy atom. The highest BCUT2D eigenvalue weighted by atomic mass is 16.1. The molecule has 1 aliphatic heterocycles. The molecular weight excluding hydrogens is 530 g/mol. The molecule has 8 bridgehead atoms. The van der Waals surface area contributed by atoms with Crippen LogP contribution in [-0.2, 0) is 38.5 Å². The number of nitriles is 1. The van der Waals surface area contributed by atoms with Gasteiger partial charge in [-0.2, -0.15) is 5.26 Å². The molecule has 4 aromatic rings. The van der Waals surface area contributed by atoms with Crippen LogP contribution in [0.3, 0.4) is 0 Å². The summed E-state index contributed by atoms with van der Waals surface area (Å²) in [6.45, 7) is 17.2. The first-order valence-corrected chi connectivity index (χ1v) is 16.3. The van der Waals surface area contributed by atoms with Gasteiger partial charge in [-0.3, -0.25) is 4.79 Å². The van der Waals surface area contributed by atoms with Gasteiger partial charge in [0.25, 0.3) is 0 Å². The summed E-state index contributed by atoms with van der Waals surface area (Å²) < 4.78 is 0. The maximum atomic E-state index is 14.5. The minimum absolute atomic E-state index is 0.0870. The summed E-state index contributed by atoms with van der Waals surface area (Å²) in [6, 6.07) is 6.97. The molecule has 0 radical (unpaired) electrons. The Morgan fingerprint density at radius 1 is 0.558 bits per heavy atom. The summed E-state index contributed by atoms with van der Waals surface area (Å²) in [6.07, 6.45) is 6.37. The van der Waals surface area contributed by atoms with Gasteiger partial charge in [0, 0.05) is 22.1 Å². The van der Waals surface area contributed by atoms with Crippen molar-refractivity contribution in [1.29, 1.82) is 5.26 Å². The molecule has 0 atom stereocenters. The van der Waals surface area contributed by atoms with Crippen molar-refractivity contribution in [2.45, 2.75) is 107 Å². The third-order valence-electron chi connectivity index (χ3n) is 9.39. The number of hydrogen-bond donors (Lipinski definition) is 3. The minimum Gasteiger partial charge on any atom is -0.355 e. The van der Waals surface area contributed by atoms with E-state index in [0.717, 1.165) is 88.4 Å². The Bertz CT molecular complexity index is 1990. The van der Waals surface area contributed by atoms with E-state index in [9.17, 15) is 10.1 Å². The highest BCUT2D eigenvalue weighted by Gasteiger charge is 2.26. The Labute approximate surface area is 254 Å². The number of allylic oxidation sites excluding steroid dienone is 2. The highest BCUT2D eigenvalue weighted by Crippen LogP contribution is 2.37. The second-order valence-electron chi connectivity index (χ2n) is 11.4. The van der Waals surface area contributed by atoms with Crippen LogP contribution in [0.2, 0.25) is 0 Å². The molecule has 0 fully saturated rings. The third-order valence-corrected chi connectivity index (χ3v) is 9.39. The van der Waals surface area contributed by atoms with Gasteiger partial charge in [-0.1, -0.05) is 55.4 Å². The molecule has 0 amide bonds. The molecule has 0 spiro atoms. The lowest BCUT2D eigenvalue weighted by Gasteiger charge is -2.05. The van der Waals surface area contributed by atoms with E-state index in [4.69, 9.17) is 4.98 Å². The van der Waals surface area contributed by atoms with Crippen LogP contribution < -0.4 is 5.43 Å². The van der Waals surface area contributed by atoms with E-state index in [0.29, 0.717) is 35.3 Å². The van der Waals surface area contributed by atoms with E-state index in [-0.39, 0.29) is 5.43 Å². The fourth-order valence-electron chi connectivity index (χ4n) is 7.44. The van der Waals surface area contributed by atoms with E-state index < -0.39 is 0 Å². The van der Waals surface area contributed by atoms with Crippen LogP contribution >= 0.6 is 0 Å². The maximum Gasteiger partial charge on any atom is 0.228 e. The molecule has 6 heteroatoms. The average molecular weight is 576 g/mol. The second kappa shape index (κ2) is 12.2. The molecular formula is C37H45N5O. The lowest BCUT2D eigenvalue weighted by molar-refractivity contribution is 1.07. The maximum absolute atomic E-state index is 14.5. The van der Waals surface area contributed by atoms with E-state index in [1.54, 1.807) is 0 Å². The van der Waals surface area contributed by atoms with Crippen LogP contribution in [0.25, 0.3) is 44.2 Å². The van der Waals surface area contributed by atoms with E-state index in [2.05, 4.69) is 88.5 Å². The number of aromatic amines is 3. The van der Waals surface area contributed by atoms with Crippen molar-refractivity contribution in [3.63, 3.8) is 0 Å². The van der Waals surface area contributed by atoms with Gasteiger partial charge in [0.15, 0.2) is 0 Å². The van der Waals surface area contributed by atoms with E-state index >= 15 is 0 Å². The molecule has 5 rings (SSSR count). The van der Waals surface area contributed by atoms with Crippen molar-refractivity contribution in [2.24, 2.45) is 0 Å². The first-order chi connectivity index (χ1) is 20.8. The van der Waals surface area contributed by atoms with Crippen LogP contribution in [0.4, 0.5) is 0 Å². The topological polar surface area (TPSA) is 101 Å². The van der Waals surface area contributed by atoms with Gasteiger partial charge in [-0.25, -0.2) is 4.98 Å². The van der Waals surface area contributed by atoms with Crippen LogP contribution in [0.1, 0.15) is 119 Å². The molecule has 0 saturated carbocycles. The number of H-pyrrole nitrogens is 3. The first kappa shape index (κ1) is 30.4. The molecule has 43 heavy (non-hydrogen) atoms. The molecule has 1 aliphatic rings. The first-order valence-electron chi connectivity index (χ1n) is 16.3. The number of nitrogens with one attached hydrogen (secondary N) is 3. The standard InChI is InChI=1S/C37H45N5O/c1-9-20-21(10-2)30-18-32-23(12-4)25(14-6)35(41-32)37(43)36-27(16-8)26(15-7)34(42-36)28(19-38)33-24(13-5)22(11-3)31(40-33)17-29(20)39-30/h17-18,39-41H,9-16H2,1-8H3. The SMILES string of the molecule is CCC1=C(CC)c2nc1c(C#N)c1[nH]c(cc3[nH]c(cc4[nH]c(c(CC)c4CC)c2=O)c(CC)c3CC)c(CC)c1CC. The predicted octanol–water partition coefficient (Wildman–Crippen LogP) is 8.86. The molecule has 0 aromatic carbocycles. The molecule has 4 aromatic heterocycles. The zero-order valence-electron chi connectivity index (χ0n) is 27.1. The smallest absolute Gasteiger partial charge is 0.228 e. The van der Waals surface area contributed by atoms with Crippen molar-refractivity contribution in [2.75, 3.05) is 0 Å². The van der Waals surface area contributed by atoms with Crippen LogP contribution in [-0.4, -0.2) is 19.9 Å². The van der Waals surface area contributed by atoms with Gasteiger partial charge in [-0.15, -0.1) is 0 Å². The van der Waals surface area contributed by atoms with Gasteiger partial charge in [-0.05, 0) is 108 Å². The summed E-state index contributed by atoms with van der Waals surface area (Å²) in [5.41, 5.74) is 16.3. The summed E-state index contributed by atoms with van der Waals surface area (Å²) in [7, 11) is 0. The highest BCUT2D eigenvalue weighted by molar-refractivity contribution is 5.96. The number of fused-ring (bicyclic) bond motifs is 8. The largest absolute Gasteiger partial charge is 0.355 e. The fraction of sp³-hybridized carbons (Fsp3) is 0.432. The fourth-order valence-corrected chi connectivity index (χ4v) is 7.44. The number of nitrogens with zero attached hydrogens (tertiary/aromatic N) is 2. The second-order valence-corrected chi connectivity index (χ2v) is 11.4. The van der Waals surface area contributed by atoms with Gasteiger partial charge in [0.2, 0.25) is 5.43 Å². The minimum atomic E-state index is -0.0870. The molecule has 3 N–H and O–H groups in total. The Balaban J connectivity index is 2.18. The zero-order valence-corrected chi connectivity index (χ0v) is 27.1. The Morgan fingerprint density at radius 2 is 0.953 bits per heavy atom. The van der Waals surface area contributed by atoms with Crippen molar-refractivity contribution >= 4 is 44.2 Å². The number of rotatable bonds is 8. The molecule has 0 saturated heterocycles. The molecule has 5 heterocycles. The molecule has 224 valence electrons. The normalized spacial score (nSPS) is 12.4. The lowest BCUT2D eigenvalue weighted by atomic mass is 9.96. The lowest BCUT2D eigenvalue weighted by Crippen LogP contribution is -2.08. The van der Waals surface area contributed by atoms with E-state index in [1.807, 2.05) is 0 Å². The van der Waals surface area contributed by atoms with Gasteiger partial charge >= 0.3 is 0 Å². The molecule has 6 nitrogen and oxygen atoms in total. The predicted molar refractivity (Wildman–Crippen MR) is 181 cm³/mol. The average Bonchev–Trinajstić information content (AvgIpc) is 3.76. The van der Waals surface area contributed by atoms with Crippen LogP contribution in [0, 0.1) is 11.3 Å². The Hall–Kier alpha value is -4.11. The van der Waals surface area contributed by atoms with E-state index in [1.165, 1.54) is 22.3 Å². The van der Waals surface area contributed by atoms with Crippen molar-refractivity contribution < 1.29 is 0 Å². The number of aromatic nitrogens is 4. The van der Waals surface area contributed by atoms with Crippen LogP contribution in [0.15, 0.2) is 16.9 Å². The molecule has 0 unspecified atom stereocenters. The summed E-state index contributed by atoms with van der Waals surface area (Å²) >= 11 is 0. The van der Waals surface area contributed by atoms with Crippen LogP contribution in [0.5, 0.6) is 0 Å². The third kappa shape index (κ3) is 4.70. The molecule has 0 aliphatic carbocycles. The monoisotopic (exact) mass is 575 g/mol. The number of aryl methyl sites for hydroxylation is 6. The van der Waals surface area contributed by atoms with Gasteiger partial charge in [0.1, 0.15) is 17.3 Å². The van der Waals surface area contributed by atoms with Crippen molar-refractivity contribution in [3.8, 4) is 6.07 Å². The number of hydrogen-bond acceptors (Lipinski definition) is 3. The van der Waals surface area contributed by atoms with Crippen molar-refractivity contribution in [3.05, 3.63) is 72.7 Å². The summed E-state index contributed by atoms with van der Waals surface area (Å²) in [5.74, 6) is 0. The summed E-state index contributed by atoms with van der Waals surface area (Å²) in [5, 5.41) is 10.7. The van der Waals surface area contributed by atoms with Gasteiger partial charge < -0.3 is 15.0 Å². The quantitative estimate of drug-likeness (QED) is 0.196. The Kier molecular flexibility index (Phi) is 8.64. The van der Waals surface area contributed by atoms with Crippen molar-refractivity contribution in [1.82, 2.24) is 19.9 Å². The summed E-state index contributed by atoms with van der Waals surface area (Å²) in [4.78, 5) is 30.5. The van der Waals surface area contributed by atoms with Gasteiger partial charge in [0.05, 0.1) is 16.7 Å².